The van der Waals surface area contributed by atoms with Gasteiger partial charge in [-0.05, 0) is 22.4 Å². The zero-order valence-corrected chi connectivity index (χ0v) is 12.2. The first-order chi connectivity index (χ1) is 9.83. The van der Waals surface area contributed by atoms with Crippen LogP contribution in [0.3, 0.4) is 0 Å². The zero-order valence-electron chi connectivity index (χ0n) is 10.6. The maximum Gasteiger partial charge on any atom is 0.271 e. The number of thiophene rings is 1. The molecule has 2 heterocycles. The number of amides is 1. The normalized spacial score (nSPS) is 10.4. The molecule has 0 aliphatic carbocycles. The molecule has 0 fully saturated rings. The van der Waals surface area contributed by atoms with Crippen molar-refractivity contribution < 1.29 is 4.79 Å². The van der Waals surface area contributed by atoms with Gasteiger partial charge >= 0.3 is 0 Å². The van der Waals surface area contributed by atoms with E-state index >= 15 is 0 Å². The van der Waals surface area contributed by atoms with Gasteiger partial charge in [-0.25, -0.2) is 4.98 Å². The number of hydrogen-bond donors (Lipinski definition) is 1. The second-order valence-corrected chi connectivity index (χ2v) is 5.86. The number of hydrogen-bond acceptors (Lipinski definition) is 4. The minimum Gasteiger partial charge on any atom is -0.347 e. The van der Waals surface area contributed by atoms with Crippen molar-refractivity contribution in [2.24, 2.45) is 0 Å². The number of aromatic nitrogens is 1. The van der Waals surface area contributed by atoms with Crippen molar-refractivity contribution in [2.75, 3.05) is 0 Å². The van der Waals surface area contributed by atoms with E-state index in [1.54, 1.807) is 16.7 Å². The first-order valence-corrected chi connectivity index (χ1v) is 7.95. The Morgan fingerprint density at radius 3 is 2.75 bits per heavy atom. The molecular weight excluding hydrogens is 288 g/mol. The monoisotopic (exact) mass is 300 g/mol. The molecule has 0 unspecified atom stereocenters. The van der Waals surface area contributed by atoms with Crippen LogP contribution in [-0.2, 0) is 6.54 Å². The van der Waals surface area contributed by atoms with E-state index in [0.717, 1.165) is 16.1 Å². The summed E-state index contributed by atoms with van der Waals surface area (Å²) in [5, 5.41) is 9.56. The lowest BCUT2D eigenvalue weighted by Gasteiger charge is -2.00. The predicted octanol–water partition coefficient (Wildman–Crippen LogP) is 3.80. The Morgan fingerprint density at radius 2 is 2.00 bits per heavy atom. The Kier molecular flexibility index (Phi) is 3.90. The fourth-order valence-electron chi connectivity index (χ4n) is 1.76. The molecule has 0 aliphatic rings. The average Bonchev–Trinajstić information content (AvgIpc) is 3.17. The molecule has 3 aromatic rings. The Morgan fingerprint density at radius 1 is 1.15 bits per heavy atom. The summed E-state index contributed by atoms with van der Waals surface area (Å²) in [6, 6.07) is 11.9. The van der Waals surface area contributed by atoms with Gasteiger partial charge in [-0.2, -0.15) is 11.3 Å². The summed E-state index contributed by atoms with van der Waals surface area (Å²) in [4.78, 5) is 16.4. The molecule has 5 heteroatoms. The van der Waals surface area contributed by atoms with Crippen molar-refractivity contribution in [3.63, 3.8) is 0 Å². The summed E-state index contributed by atoms with van der Waals surface area (Å²) in [5.74, 6) is -0.130. The van der Waals surface area contributed by atoms with Gasteiger partial charge in [0.1, 0.15) is 10.7 Å². The third-order valence-electron chi connectivity index (χ3n) is 2.79. The summed E-state index contributed by atoms with van der Waals surface area (Å²) in [7, 11) is 0. The number of nitrogens with zero attached hydrogens (tertiary/aromatic N) is 1. The maximum atomic E-state index is 12.0. The van der Waals surface area contributed by atoms with Crippen molar-refractivity contribution in [1.82, 2.24) is 10.3 Å². The van der Waals surface area contributed by atoms with E-state index in [1.165, 1.54) is 11.3 Å². The Balaban J connectivity index is 1.69. The van der Waals surface area contributed by atoms with Crippen LogP contribution in [0.25, 0.3) is 10.6 Å². The van der Waals surface area contributed by atoms with Crippen molar-refractivity contribution in [2.45, 2.75) is 6.54 Å². The lowest BCUT2D eigenvalue weighted by atomic mass is 10.2. The largest absolute Gasteiger partial charge is 0.347 e. The average molecular weight is 300 g/mol. The highest BCUT2D eigenvalue weighted by Crippen LogP contribution is 2.23. The molecule has 3 nitrogen and oxygen atoms in total. The number of carbonyl (C=O) groups is 1. The molecule has 1 N–H and O–H groups in total. The predicted molar refractivity (Wildman–Crippen MR) is 83.0 cm³/mol. The summed E-state index contributed by atoms with van der Waals surface area (Å²) in [6.07, 6.45) is 0. The van der Waals surface area contributed by atoms with Crippen LogP contribution in [0.4, 0.5) is 0 Å². The topological polar surface area (TPSA) is 42.0 Å². The van der Waals surface area contributed by atoms with Gasteiger partial charge in [-0.1, -0.05) is 30.3 Å². The summed E-state index contributed by atoms with van der Waals surface area (Å²) >= 11 is 3.11. The smallest absolute Gasteiger partial charge is 0.271 e. The van der Waals surface area contributed by atoms with Gasteiger partial charge in [0.05, 0.1) is 0 Å². The van der Waals surface area contributed by atoms with Crippen molar-refractivity contribution in [3.8, 4) is 10.6 Å². The van der Waals surface area contributed by atoms with Crippen molar-refractivity contribution >= 4 is 28.6 Å². The molecule has 20 heavy (non-hydrogen) atoms. The molecule has 1 amide bonds. The van der Waals surface area contributed by atoms with Crippen LogP contribution in [0.5, 0.6) is 0 Å². The summed E-state index contributed by atoms with van der Waals surface area (Å²) < 4.78 is 0. The second-order valence-electron chi connectivity index (χ2n) is 4.22. The quantitative estimate of drug-likeness (QED) is 0.796. The lowest BCUT2D eigenvalue weighted by molar-refractivity contribution is 0.0946. The first-order valence-electron chi connectivity index (χ1n) is 6.13. The van der Waals surface area contributed by atoms with Crippen LogP contribution in [0.15, 0.2) is 52.5 Å². The van der Waals surface area contributed by atoms with E-state index < -0.39 is 0 Å². The van der Waals surface area contributed by atoms with Crippen LogP contribution in [-0.4, -0.2) is 10.9 Å². The van der Waals surface area contributed by atoms with Crippen LogP contribution in [0.2, 0.25) is 0 Å². The van der Waals surface area contributed by atoms with Gasteiger partial charge in [-0.3, -0.25) is 4.79 Å². The number of carbonyl (C=O) groups excluding carboxylic acids is 1. The van der Waals surface area contributed by atoms with E-state index in [0.29, 0.717) is 12.2 Å². The van der Waals surface area contributed by atoms with Gasteiger partial charge in [-0.15, -0.1) is 11.3 Å². The van der Waals surface area contributed by atoms with E-state index in [1.807, 2.05) is 47.2 Å². The highest BCUT2D eigenvalue weighted by molar-refractivity contribution is 7.13. The van der Waals surface area contributed by atoms with Crippen LogP contribution in [0.1, 0.15) is 16.1 Å². The summed E-state index contributed by atoms with van der Waals surface area (Å²) in [5.41, 5.74) is 2.63. The molecule has 0 bridgehead atoms. The molecular formula is C15H12N2OS2. The van der Waals surface area contributed by atoms with Crippen molar-refractivity contribution in [3.05, 3.63) is 63.8 Å². The van der Waals surface area contributed by atoms with Gasteiger partial charge < -0.3 is 5.32 Å². The number of thiazole rings is 1. The third-order valence-corrected chi connectivity index (χ3v) is 4.41. The number of nitrogens with one attached hydrogen (secondary N) is 1. The first kappa shape index (κ1) is 13.0. The molecule has 0 atom stereocenters. The SMILES string of the molecule is O=C(NCc1ccsc1)c1csc(-c2ccccc2)n1. The van der Waals surface area contributed by atoms with E-state index in [9.17, 15) is 4.79 Å². The highest BCUT2D eigenvalue weighted by atomic mass is 32.1. The van der Waals surface area contributed by atoms with Gasteiger partial charge in [0.2, 0.25) is 0 Å². The molecule has 2 aromatic heterocycles. The molecule has 0 aliphatic heterocycles. The fraction of sp³-hybridized carbons (Fsp3) is 0.0667. The molecule has 100 valence electrons. The van der Waals surface area contributed by atoms with Crippen molar-refractivity contribution in [1.29, 1.82) is 0 Å². The van der Waals surface area contributed by atoms with Gasteiger partial charge in [0, 0.05) is 17.5 Å². The van der Waals surface area contributed by atoms with Crippen LogP contribution < -0.4 is 5.32 Å². The van der Waals surface area contributed by atoms with E-state index in [4.69, 9.17) is 0 Å². The van der Waals surface area contributed by atoms with Gasteiger partial charge in [0.15, 0.2) is 0 Å². The Bertz CT molecular complexity index is 690. The van der Waals surface area contributed by atoms with Crippen LogP contribution in [0, 0.1) is 0 Å². The maximum absolute atomic E-state index is 12.0. The fourth-order valence-corrected chi connectivity index (χ4v) is 3.23. The second kappa shape index (κ2) is 5.98. The van der Waals surface area contributed by atoms with Gasteiger partial charge in [0.25, 0.3) is 5.91 Å². The third kappa shape index (κ3) is 2.95. The Hall–Kier alpha value is -1.98. The molecule has 0 spiro atoms. The molecule has 0 saturated heterocycles. The lowest BCUT2D eigenvalue weighted by Crippen LogP contribution is -2.22. The molecule has 1 aromatic carbocycles. The van der Waals surface area contributed by atoms with Crippen LogP contribution >= 0.6 is 22.7 Å². The minimum atomic E-state index is -0.130. The number of rotatable bonds is 4. The minimum absolute atomic E-state index is 0.130. The number of benzene rings is 1. The van der Waals surface area contributed by atoms with E-state index in [-0.39, 0.29) is 5.91 Å². The summed E-state index contributed by atoms with van der Waals surface area (Å²) in [6.45, 7) is 0.542. The molecule has 0 radical (unpaired) electrons. The molecule has 0 saturated carbocycles. The van der Waals surface area contributed by atoms with E-state index in [2.05, 4.69) is 10.3 Å². The standard InChI is InChI=1S/C15H12N2OS2/c18-14(16-8-11-6-7-19-9-11)13-10-20-15(17-13)12-4-2-1-3-5-12/h1-7,9-10H,8H2,(H,16,18). The highest BCUT2D eigenvalue weighted by Gasteiger charge is 2.11. The molecule has 3 rings (SSSR count). The zero-order chi connectivity index (χ0) is 13.8. The Labute approximate surface area is 124 Å².